The van der Waals surface area contributed by atoms with E-state index in [0.29, 0.717) is 17.9 Å². The van der Waals surface area contributed by atoms with Crippen molar-refractivity contribution in [2.24, 2.45) is 5.73 Å². The molecule has 0 aliphatic rings. The van der Waals surface area contributed by atoms with Gasteiger partial charge in [0.15, 0.2) is 6.10 Å². The molecule has 1 aromatic heterocycles. The molecule has 0 aliphatic carbocycles. The van der Waals surface area contributed by atoms with Crippen molar-refractivity contribution in [1.29, 1.82) is 0 Å². The first kappa shape index (κ1) is 13.9. The Hall–Kier alpha value is -1.52. The smallest absolute Gasteiger partial charge is 0.171 e. The molecular formula is C14H15ClFNO2. The Morgan fingerprint density at radius 3 is 2.79 bits per heavy atom. The number of ether oxygens (including phenoxy) is 1. The van der Waals surface area contributed by atoms with Gasteiger partial charge in [-0.15, -0.1) is 0 Å². The highest BCUT2D eigenvalue weighted by molar-refractivity contribution is 6.32. The van der Waals surface area contributed by atoms with Crippen LogP contribution in [0.4, 0.5) is 4.39 Å². The molecular weight excluding hydrogens is 269 g/mol. The van der Waals surface area contributed by atoms with Crippen LogP contribution in [0.5, 0.6) is 5.75 Å². The Morgan fingerprint density at radius 1 is 1.42 bits per heavy atom. The topological polar surface area (TPSA) is 48.4 Å². The molecule has 2 atom stereocenters. The van der Waals surface area contributed by atoms with Gasteiger partial charge in [-0.3, -0.25) is 0 Å². The lowest BCUT2D eigenvalue weighted by Gasteiger charge is -2.23. The van der Waals surface area contributed by atoms with E-state index < -0.39 is 11.9 Å². The van der Waals surface area contributed by atoms with E-state index in [4.69, 9.17) is 26.5 Å². The molecule has 0 fully saturated rings. The zero-order chi connectivity index (χ0) is 13.8. The van der Waals surface area contributed by atoms with Crippen LogP contribution in [0.2, 0.25) is 5.02 Å². The largest absolute Gasteiger partial charge is 0.479 e. The highest BCUT2D eigenvalue weighted by Crippen LogP contribution is 2.31. The molecule has 1 aromatic carbocycles. The summed E-state index contributed by atoms with van der Waals surface area (Å²) in [7, 11) is 0. The molecule has 2 N–H and O–H groups in total. The van der Waals surface area contributed by atoms with Crippen LogP contribution in [0.3, 0.4) is 0 Å². The summed E-state index contributed by atoms with van der Waals surface area (Å²) in [6, 6.07) is 7.28. The number of hydrogen-bond donors (Lipinski definition) is 1. The van der Waals surface area contributed by atoms with E-state index in [0.717, 1.165) is 0 Å². The van der Waals surface area contributed by atoms with Crippen molar-refractivity contribution < 1.29 is 13.5 Å². The Morgan fingerprint density at radius 2 is 2.21 bits per heavy atom. The number of nitrogens with two attached hydrogens (primary N) is 1. The fourth-order valence-corrected chi connectivity index (χ4v) is 1.94. The van der Waals surface area contributed by atoms with Crippen LogP contribution in [0.1, 0.15) is 25.2 Å². The quantitative estimate of drug-likeness (QED) is 0.904. The minimum atomic E-state index is -0.456. The van der Waals surface area contributed by atoms with E-state index >= 15 is 0 Å². The number of rotatable bonds is 5. The molecule has 0 amide bonds. The maximum atomic E-state index is 13.0. The number of halogens is 2. The van der Waals surface area contributed by atoms with Gasteiger partial charge >= 0.3 is 0 Å². The fraction of sp³-hybridized carbons (Fsp3) is 0.286. The molecule has 0 spiro atoms. The average Bonchev–Trinajstić information content (AvgIpc) is 2.91. The van der Waals surface area contributed by atoms with E-state index in [2.05, 4.69) is 0 Å². The first-order valence-corrected chi connectivity index (χ1v) is 6.40. The zero-order valence-electron chi connectivity index (χ0n) is 10.5. The lowest BCUT2D eigenvalue weighted by molar-refractivity contribution is 0.144. The fourth-order valence-electron chi connectivity index (χ4n) is 1.73. The van der Waals surface area contributed by atoms with E-state index in [-0.39, 0.29) is 11.1 Å². The molecule has 2 unspecified atom stereocenters. The average molecular weight is 284 g/mol. The predicted octanol–water partition coefficient (Wildman–Crippen LogP) is 3.93. The molecule has 2 rings (SSSR count). The molecule has 19 heavy (non-hydrogen) atoms. The van der Waals surface area contributed by atoms with Crippen LogP contribution >= 0.6 is 11.6 Å². The third kappa shape index (κ3) is 3.28. The second kappa shape index (κ2) is 6.08. The highest BCUT2D eigenvalue weighted by atomic mass is 35.5. The van der Waals surface area contributed by atoms with Gasteiger partial charge in [-0.25, -0.2) is 4.39 Å². The molecule has 3 nitrogen and oxygen atoms in total. The minimum absolute atomic E-state index is 0.208. The first-order chi connectivity index (χ1) is 9.11. The molecule has 2 aromatic rings. The first-order valence-electron chi connectivity index (χ1n) is 6.02. The van der Waals surface area contributed by atoms with Gasteiger partial charge in [0.05, 0.1) is 11.3 Å². The minimum Gasteiger partial charge on any atom is -0.479 e. The Labute approximate surface area is 116 Å². The molecule has 0 saturated heterocycles. The van der Waals surface area contributed by atoms with Gasteiger partial charge in [0.1, 0.15) is 17.3 Å². The van der Waals surface area contributed by atoms with Crippen molar-refractivity contribution in [1.82, 2.24) is 0 Å². The molecule has 0 bridgehead atoms. The lowest BCUT2D eigenvalue weighted by atomic mass is 10.1. The predicted molar refractivity (Wildman–Crippen MR) is 71.8 cm³/mol. The molecule has 5 heteroatoms. The van der Waals surface area contributed by atoms with Crippen molar-refractivity contribution >= 4 is 11.6 Å². The van der Waals surface area contributed by atoms with E-state index in [1.165, 1.54) is 18.2 Å². The monoisotopic (exact) mass is 283 g/mol. The van der Waals surface area contributed by atoms with Crippen LogP contribution in [-0.4, -0.2) is 6.04 Å². The Bertz CT molecular complexity index is 530. The lowest BCUT2D eigenvalue weighted by Crippen LogP contribution is -2.31. The van der Waals surface area contributed by atoms with Gasteiger partial charge in [0, 0.05) is 6.04 Å². The van der Waals surface area contributed by atoms with E-state index in [1.54, 1.807) is 18.4 Å². The molecule has 102 valence electrons. The summed E-state index contributed by atoms with van der Waals surface area (Å²) in [5, 5.41) is 0.208. The van der Waals surface area contributed by atoms with Crippen LogP contribution in [-0.2, 0) is 0 Å². The summed E-state index contributed by atoms with van der Waals surface area (Å²) in [6.07, 6.45) is 1.81. The number of benzene rings is 1. The second-order valence-electron chi connectivity index (χ2n) is 4.20. The normalized spacial score (nSPS) is 14.1. The van der Waals surface area contributed by atoms with Gasteiger partial charge in [-0.2, -0.15) is 0 Å². The zero-order valence-corrected chi connectivity index (χ0v) is 11.2. The van der Waals surface area contributed by atoms with Crippen LogP contribution < -0.4 is 10.5 Å². The second-order valence-corrected chi connectivity index (χ2v) is 4.61. The summed E-state index contributed by atoms with van der Waals surface area (Å²) < 4.78 is 24.1. The van der Waals surface area contributed by atoms with Gasteiger partial charge in [0.25, 0.3) is 0 Å². The van der Waals surface area contributed by atoms with Gasteiger partial charge in [-0.1, -0.05) is 18.5 Å². The Balaban J connectivity index is 2.25. The van der Waals surface area contributed by atoms with Crippen LogP contribution in [0, 0.1) is 5.82 Å². The number of furan rings is 1. The molecule has 0 aliphatic heterocycles. The Kier molecular flexibility index (Phi) is 4.45. The van der Waals surface area contributed by atoms with E-state index in [9.17, 15) is 4.39 Å². The standard InChI is InChI=1S/C14H15ClFNO2/c1-2-11(17)14(13-4-3-7-18-13)19-12-6-5-9(16)8-10(12)15/h3-8,11,14H,2,17H2,1H3. The van der Waals surface area contributed by atoms with Crippen LogP contribution in [0.15, 0.2) is 41.0 Å². The third-order valence-electron chi connectivity index (χ3n) is 2.83. The summed E-state index contributed by atoms with van der Waals surface area (Å²) in [5.41, 5.74) is 6.03. The van der Waals surface area contributed by atoms with Crippen molar-refractivity contribution in [3.63, 3.8) is 0 Å². The third-order valence-corrected chi connectivity index (χ3v) is 3.13. The van der Waals surface area contributed by atoms with Crippen molar-refractivity contribution in [2.45, 2.75) is 25.5 Å². The van der Waals surface area contributed by atoms with E-state index in [1.807, 2.05) is 6.92 Å². The van der Waals surface area contributed by atoms with Gasteiger partial charge in [-0.05, 0) is 36.8 Å². The highest BCUT2D eigenvalue weighted by Gasteiger charge is 2.24. The number of hydrogen-bond acceptors (Lipinski definition) is 3. The van der Waals surface area contributed by atoms with Crippen molar-refractivity contribution in [2.75, 3.05) is 0 Å². The van der Waals surface area contributed by atoms with Crippen molar-refractivity contribution in [3.05, 3.63) is 53.2 Å². The molecule has 0 saturated carbocycles. The maximum Gasteiger partial charge on any atom is 0.171 e. The summed E-state index contributed by atoms with van der Waals surface area (Å²) in [5.74, 6) is 0.592. The van der Waals surface area contributed by atoms with Gasteiger partial charge in [0.2, 0.25) is 0 Å². The molecule has 1 heterocycles. The van der Waals surface area contributed by atoms with Crippen LogP contribution in [0.25, 0.3) is 0 Å². The molecule has 0 radical (unpaired) electrons. The summed E-state index contributed by atoms with van der Waals surface area (Å²) in [6.45, 7) is 1.95. The summed E-state index contributed by atoms with van der Waals surface area (Å²) >= 11 is 5.95. The SMILES string of the molecule is CCC(N)C(Oc1ccc(F)cc1Cl)c1ccco1. The summed E-state index contributed by atoms with van der Waals surface area (Å²) in [4.78, 5) is 0. The maximum absolute atomic E-state index is 13.0. The van der Waals surface area contributed by atoms with Crippen molar-refractivity contribution in [3.8, 4) is 5.75 Å². The van der Waals surface area contributed by atoms with Gasteiger partial charge < -0.3 is 14.9 Å².